The van der Waals surface area contributed by atoms with Crippen LogP contribution in [0.25, 0.3) is 0 Å². The van der Waals surface area contributed by atoms with Gasteiger partial charge in [0.05, 0.1) is 31.8 Å². The van der Waals surface area contributed by atoms with E-state index in [1.807, 2.05) is 0 Å². The molecule has 0 bridgehead atoms. The predicted octanol–water partition coefficient (Wildman–Crippen LogP) is 2.63. The number of carbonyl (C=O) groups is 2. The van der Waals surface area contributed by atoms with Crippen molar-refractivity contribution in [2.75, 3.05) is 21.3 Å². The molecule has 0 amide bonds. The highest BCUT2D eigenvalue weighted by Crippen LogP contribution is 2.43. The third kappa shape index (κ3) is 3.27. The van der Waals surface area contributed by atoms with Gasteiger partial charge in [-0.3, -0.25) is 14.9 Å². The molecule has 0 atom stereocenters. The van der Waals surface area contributed by atoms with E-state index in [1.165, 1.54) is 20.3 Å². The first kappa shape index (κ1) is 17.9. The summed E-state index contributed by atoms with van der Waals surface area (Å²) in [7, 11) is 3.49. The van der Waals surface area contributed by atoms with E-state index in [2.05, 4.69) is 4.74 Å². The molecule has 0 aliphatic heterocycles. The van der Waals surface area contributed by atoms with E-state index in [4.69, 9.17) is 9.47 Å². The molecule has 0 N–H and O–H groups in total. The Labute approximate surface area is 143 Å². The number of methoxy groups -OCH3 is 3. The van der Waals surface area contributed by atoms with Gasteiger partial charge in [-0.05, 0) is 6.07 Å². The van der Waals surface area contributed by atoms with Gasteiger partial charge in [0.25, 0.3) is 0 Å². The van der Waals surface area contributed by atoms with Crippen LogP contribution in [0.5, 0.6) is 11.5 Å². The molecule has 2 aromatic rings. The monoisotopic (exact) mass is 345 g/mol. The Morgan fingerprint density at radius 2 is 1.52 bits per heavy atom. The van der Waals surface area contributed by atoms with Crippen LogP contribution in [0.15, 0.2) is 36.4 Å². The minimum absolute atomic E-state index is 0.137. The SMILES string of the molecule is COC(=O)c1cc(C(=O)c2ccccc2)c(OC)c([N+](=O)[O-])c1OC. The highest BCUT2D eigenvalue weighted by atomic mass is 16.6. The van der Waals surface area contributed by atoms with Crippen molar-refractivity contribution in [3.05, 3.63) is 63.2 Å². The molecule has 2 rings (SSSR count). The summed E-state index contributed by atoms with van der Waals surface area (Å²) in [5.41, 5.74) is -0.707. The average molecular weight is 345 g/mol. The maximum atomic E-state index is 12.8. The minimum Gasteiger partial charge on any atom is -0.490 e. The molecule has 8 heteroatoms. The van der Waals surface area contributed by atoms with Crippen LogP contribution < -0.4 is 9.47 Å². The summed E-state index contributed by atoms with van der Waals surface area (Å²) in [6.07, 6.45) is 0. The first-order valence-electron chi connectivity index (χ1n) is 7.07. The second-order valence-electron chi connectivity index (χ2n) is 4.83. The van der Waals surface area contributed by atoms with Crippen molar-refractivity contribution < 1.29 is 28.7 Å². The molecule has 0 fully saturated rings. The van der Waals surface area contributed by atoms with E-state index in [0.717, 1.165) is 7.11 Å². The number of ether oxygens (including phenoxy) is 3. The van der Waals surface area contributed by atoms with E-state index in [-0.39, 0.29) is 28.2 Å². The van der Waals surface area contributed by atoms with Crippen LogP contribution >= 0.6 is 0 Å². The molecule has 0 aliphatic rings. The molecule has 0 spiro atoms. The molecule has 0 saturated heterocycles. The second kappa shape index (κ2) is 7.43. The summed E-state index contributed by atoms with van der Waals surface area (Å²) in [6, 6.07) is 9.30. The van der Waals surface area contributed by atoms with Gasteiger partial charge in [-0.25, -0.2) is 4.79 Å². The Hall–Kier alpha value is -3.42. The van der Waals surface area contributed by atoms with E-state index in [0.29, 0.717) is 0 Å². The fourth-order valence-electron chi connectivity index (χ4n) is 2.39. The number of nitro benzene ring substituents is 1. The summed E-state index contributed by atoms with van der Waals surface area (Å²) >= 11 is 0. The van der Waals surface area contributed by atoms with Gasteiger partial charge >= 0.3 is 11.7 Å². The Morgan fingerprint density at radius 3 is 2.00 bits per heavy atom. The molecule has 25 heavy (non-hydrogen) atoms. The normalized spacial score (nSPS) is 10.0. The van der Waals surface area contributed by atoms with Gasteiger partial charge in [0, 0.05) is 5.56 Å². The van der Waals surface area contributed by atoms with Crippen molar-refractivity contribution in [1.82, 2.24) is 0 Å². The predicted molar refractivity (Wildman–Crippen MR) is 87.4 cm³/mol. The van der Waals surface area contributed by atoms with Crippen molar-refractivity contribution in [3.8, 4) is 11.5 Å². The van der Waals surface area contributed by atoms with Crippen molar-refractivity contribution in [2.24, 2.45) is 0 Å². The molecule has 8 nitrogen and oxygen atoms in total. The number of nitrogens with zero attached hydrogens (tertiary/aromatic N) is 1. The van der Waals surface area contributed by atoms with Crippen molar-refractivity contribution in [3.63, 3.8) is 0 Å². The molecule has 0 radical (unpaired) electrons. The lowest BCUT2D eigenvalue weighted by Crippen LogP contribution is -2.12. The third-order valence-corrected chi connectivity index (χ3v) is 3.48. The zero-order chi connectivity index (χ0) is 18.6. The van der Waals surface area contributed by atoms with Gasteiger partial charge in [-0.1, -0.05) is 30.3 Å². The number of nitro groups is 1. The van der Waals surface area contributed by atoms with E-state index >= 15 is 0 Å². The van der Waals surface area contributed by atoms with Crippen LogP contribution in [0.2, 0.25) is 0 Å². The highest BCUT2D eigenvalue weighted by Gasteiger charge is 2.34. The molecule has 0 heterocycles. The fourth-order valence-corrected chi connectivity index (χ4v) is 2.39. The van der Waals surface area contributed by atoms with Crippen molar-refractivity contribution >= 4 is 17.4 Å². The highest BCUT2D eigenvalue weighted by molar-refractivity contribution is 6.13. The molecule has 0 aromatic heterocycles. The topological polar surface area (TPSA) is 105 Å². The van der Waals surface area contributed by atoms with E-state index in [1.54, 1.807) is 30.3 Å². The minimum atomic E-state index is -0.871. The van der Waals surface area contributed by atoms with Gasteiger partial charge in [0.15, 0.2) is 5.78 Å². The maximum absolute atomic E-state index is 12.8. The third-order valence-electron chi connectivity index (χ3n) is 3.48. The molecule has 0 saturated carbocycles. The van der Waals surface area contributed by atoms with Crippen LogP contribution in [-0.4, -0.2) is 38.0 Å². The summed E-state index contributed by atoms with van der Waals surface area (Å²) in [5.74, 6) is -2.03. The van der Waals surface area contributed by atoms with E-state index in [9.17, 15) is 19.7 Å². The number of hydrogen-bond acceptors (Lipinski definition) is 7. The lowest BCUT2D eigenvalue weighted by Gasteiger charge is -2.14. The van der Waals surface area contributed by atoms with E-state index < -0.39 is 22.4 Å². The van der Waals surface area contributed by atoms with Crippen molar-refractivity contribution in [1.29, 1.82) is 0 Å². The van der Waals surface area contributed by atoms with Gasteiger partial charge in [0.2, 0.25) is 11.5 Å². The van der Waals surface area contributed by atoms with Crippen LogP contribution in [0.3, 0.4) is 0 Å². The average Bonchev–Trinajstić information content (AvgIpc) is 2.65. The summed E-state index contributed by atoms with van der Waals surface area (Å²) in [6.45, 7) is 0. The van der Waals surface area contributed by atoms with Crippen LogP contribution in [0.4, 0.5) is 5.69 Å². The maximum Gasteiger partial charge on any atom is 0.354 e. The first-order chi connectivity index (χ1) is 12.0. The largest absolute Gasteiger partial charge is 0.490 e. The Kier molecular flexibility index (Phi) is 5.33. The summed E-state index contributed by atoms with van der Waals surface area (Å²) in [4.78, 5) is 35.5. The summed E-state index contributed by atoms with van der Waals surface area (Å²) in [5, 5.41) is 11.5. The van der Waals surface area contributed by atoms with Gasteiger partial charge < -0.3 is 14.2 Å². The number of esters is 1. The molecular weight excluding hydrogens is 330 g/mol. The Bertz CT molecular complexity index is 831. The van der Waals surface area contributed by atoms with Gasteiger partial charge in [0.1, 0.15) is 5.56 Å². The number of hydrogen-bond donors (Lipinski definition) is 0. The number of carbonyl (C=O) groups excluding carboxylic acids is 2. The zero-order valence-electron chi connectivity index (χ0n) is 13.8. The number of benzene rings is 2. The number of rotatable bonds is 6. The fraction of sp³-hybridized carbons (Fsp3) is 0.176. The van der Waals surface area contributed by atoms with Crippen LogP contribution in [0, 0.1) is 10.1 Å². The lowest BCUT2D eigenvalue weighted by molar-refractivity contribution is -0.386. The smallest absolute Gasteiger partial charge is 0.354 e. The molecule has 0 aliphatic carbocycles. The molecular formula is C17H15NO7. The zero-order valence-corrected chi connectivity index (χ0v) is 13.8. The molecule has 130 valence electrons. The second-order valence-corrected chi connectivity index (χ2v) is 4.83. The molecule has 2 aromatic carbocycles. The quantitative estimate of drug-likeness (QED) is 0.343. The Balaban J connectivity index is 2.83. The first-order valence-corrected chi connectivity index (χ1v) is 7.07. The molecule has 0 unspecified atom stereocenters. The Morgan fingerprint density at radius 1 is 0.960 bits per heavy atom. The summed E-state index contributed by atoms with van der Waals surface area (Å²) < 4.78 is 14.7. The lowest BCUT2D eigenvalue weighted by atomic mass is 9.98. The van der Waals surface area contributed by atoms with Crippen molar-refractivity contribution in [2.45, 2.75) is 0 Å². The van der Waals surface area contributed by atoms with Gasteiger partial charge in [-0.2, -0.15) is 0 Å². The standard InChI is InChI=1S/C17H15NO7/c1-23-15-11(14(19)10-7-5-4-6-8-10)9-12(17(20)25-3)16(24-2)13(15)18(21)22/h4-9H,1-3H3. The van der Waals surface area contributed by atoms with Gasteiger partial charge in [-0.15, -0.1) is 0 Å². The van der Waals surface area contributed by atoms with Crippen LogP contribution in [0.1, 0.15) is 26.3 Å². The number of ketones is 1. The van der Waals surface area contributed by atoms with Crippen LogP contribution in [-0.2, 0) is 4.74 Å².